The minimum Gasteiger partial charge on any atom is -0.378 e. The van der Waals surface area contributed by atoms with E-state index in [2.05, 4.69) is 68.6 Å². The second-order valence-corrected chi connectivity index (χ2v) is 7.87. The van der Waals surface area contributed by atoms with Crippen molar-refractivity contribution in [3.05, 3.63) is 83.9 Å². The van der Waals surface area contributed by atoms with Crippen molar-refractivity contribution in [2.75, 3.05) is 14.2 Å². The molecule has 2 aromatic carbocycles. The van der Waals surface area contributed by atoms with Crippen LogP contribution in [0.5, 0.6) is 0 Å². The van der Waals surface area contributed by atoms with E-state index in [0.29, 0.717) is 0 Å². The van der Waals surface area contributed by atoms with Crippen LogP contribution in [0.3, 0.4) is 0 Å². The number of ether oxygens (including phenoxy) is 2. The summed E-state index contributed by atoms with van der Waals surface area (Å²) in [4.78, 5) is 0. The monoisotopic (exact) mass is 406 g/mol. The highest BCUT2D eigenvalue weighted by Gasteiger charge is 2.42. The van der Waals surface area contributed by atoms with Crippen molar-refractivity contribution in [3.8, 4) is 0 Å². The molecule has 0 aliphatic rings. The summed E-state index contributed by atoms with van der Waals surface area (Å²) in [7, 11) is 3.59. The second kappa shape index (κ2) is 12.5. The van der Waals surface area contributed by atoms with Gasteiger partial charge in [0.2, 0.25) is 0 Å². The van der Waals surface area contributed by atoms with Gasteiger partial charge in [0.05, 0.1) is 6.10 Å². The maximum Gasteiger partial charge on any atom is 0.144 e. The number of benzene rings is 2. The summed E-state index contributed by atoms with van der Waals surface area (Å²) in [5.41, 5.74) is 3.71. The van der Waals surface area contributed by atoms with Crippen LogP contribution in [0.1, 0.15) is 74.1 Å². The quantitative estimate of drug-likeness (QED) is 0.300. The Morgan fingerprint density at radius 2 is 1.23 bits per heavy atom. The van der Waals surface area contributed by atoms with Gasteiger partial charge in [-0.1, -0.05) is 119 Å². The normalized spacial score (nSPS) is 12.5. The highest BCUT2D eigenvalue weighted by Crippen LogP contribution is 2.40. The summed E-state index contributed by atoms with van der Waals surface area (Å²) in [6.45, 7) is 10.0. The molecule has 0 amide bonds. The Bertz CT molecular complexity index is 707. The molecule has 2 nitrogen and oxygen atoms in total. The fraction of sp³-hybridized carbons (Fsp3) is 0.429. The van der Waals surface area contributed by atoms with Crippen molar-refractivity contribution >= 4 is 12.2 Å². The number of methoxy groups -OCH3 is 2. The molecule has 0 aliphatic heterocycles. The zero-order valence-electron chi connectivity index (χ0n) is 19.0. The van der Waals surface area contributed by atoms with Gasteiger partial charge in [-0.25, -0.2) is 0 Å². The minimum absolute atomic E-state index is 0.0853. The molecule has 2 rings (SSSR count). The molecule has 0 heterocycles. The van der Waals surface area contributed by atoms with Crippen LogP contribution >= 0.6 is 0 Å². The van der Waals surface area contributed by atoms with E-state index in [1.165, 1.54) is 32.1 Å². The molecule has 30 heavy (non-hydrogen) atoms. The first-order chi connectivity index (χ1) is 14.7. The van der Waals surface area contributed by atoms with Crippen molar-refractivity contribution in [1.82, 2.24) is 0 Å². The second-order valence-electron chi connectivity index (χ2n) is 7.87. The molecular formula is C28H38O2. The standard InChI is InChI=1S/C28H38O2/c1-6-9-10-11-12-13-14-27(29-4)28(30-5,25-19-15-23(7-2)16-20-25)26-21-17-24(8-3)18-22-26/h7-8,15-22,27H,2-3,6,9-14H2,1,4-5H3. The molecule has 0 spiro atoms. The Hall–Kier alpha value is -2.16. The fourth-order valence-corrected chi connectivity index (χ4v) is 4.24. The van der Waals surface area contributed by atoms with Gasteiger partial charge in [-0.05, 0) is 28.7 Å². The van der Waals surface area contributed by atoms with Gasteiger partial charge in [0.1, 0.15) is 5.60 Å². The summed E-state index contributed by atoms with van der Waals surface area (Å²) in [6, 6.07) is 16.9. The van der Waals surface area contributed by atoms with E-state index in [0.717, 1.165) is 35.1 Å². The maximum atomic E-state index is 6.33. The van der Waals surface area contributed by atoms with Crippen LogP contribution < -0.4 is 0 Å². The lowest BCUT2D eigenvalue weighted by Gasteiger charge is -2.40. The maximum absolute atomic E-state index is 6.33. The minimum atomic E-state index is -0.669. The van der Waals surface area contributed by atoms with Crippen LogP contribution in [0.2, 0.25) is 0 Å². The molecule has 0 bridgehead atoms. The SMILES string of the molecule is C=Cc1ccc(C(OC)(c2ccc(C=C)cc2)C(CCCCCCCC)OC)cc1. The molecule has 0 saturated heterocycles. The third-order valence-electron chi connectivity index (χ3n) is 6.03. The zero-order chi connectivity index (χ0) is 21.8. The topological polar surface area (TPSA) is 18.5 Å². The van der Waals surface area contributed by atoms with Crippen molar-refractivity contribution < 1.29 is 9.47 Å². The fourth-order valence-electron chi connectivity index (χ4n) is 4.24. The van der Waals surface area contributed by atoms with Gasteiger partial charge in [-0.15, -0.1) is 0 Å². The molecule has 0 fully saturated rings. The summed E-state index contributed by atoms with van der Waals surface area (Å²) in [6.07, 6.45) is 12.1. The molecule has 0 aromatic heterocycles. The predicted octanol–water partition coefficient (Wildman–Crippen LogP) is 7.63. The van der Waals surface area contributed by atoms with Gasteiger partial charge in [0.15, 0.2) is 0 Å². The molecule has 2 aromatic rings. The first-order valence-electron chi connectivity index (χ1n) is 11.2. The molecule has 1 atom stereocenters. The molecular weight excluding hydrogens is 368 g/mol. The summed E-state index contributed by atoms with van der Waals surface area (Å²) < 4.78 is 12.4. The Morgan fingerprint density at radius 1 is 0.767 bits per heavy atom. The first kappa shape index (κ1) is 24.1. The molecule has 2 heteroatoms. The summed E-state index contributed by atoms with van der Waals surface area (Å²) in [5, 5.41) is 0. The van der Waals surface area contributed by atoms with Gasteiger partial charge < -0.3 is 9.47 Å². The lowest BCUT2D eigenvalue weighted by Crippen LogP contribution is -2.43. The van der Waals surface area contributed by atoms with E-state index in [-0.39, 0.29) is 6.10 Å². The van der Waals surface area contributed by atoms with Crippen LogP contribution in [0, 0.1) is 0 Å². The zero-order valence-corrected chi connectivity index (χ0v) is 19.0. The van der Waals surface area contributed by atoms with E-state index < -0.39 is 5.60 Å². The Labute approximate surface area is 183 Å². The number of hydrogen-bond acceptors (Lipinski definition) is 2. The molecule has 1 unspecified atom stereocenters. The van der Waals surface area contributed by atoms with E-state index in [9.17, 15) is 0 Å². The molecule has 0 radical (unpaired) electrons. The lowest BCUT2D eigenvalue weighted by molar-refractivity contribution is -0.100. The van der Waals surface area contributed by atoms with Crippen LogP contribution in [0.25, 0.3) is 12.2 Å². The third kappa shape index (κ3) is 5.71. The molecule has 0 aliphatic carbocycles. The van der Waals surface area contributed by atoms with Gasteiger partial charge in [-0.3, -0.25) is 0 Å². The van der Waals surface area contributed by atoms with E-state index in [1.807, 2.05) is 12.2 Å². The van der Waals surface area contributed by atoms with E-state index in [4.69, 9.17) is 9.47 Å². The van der Waals surface area contributed by atoms with Gasteiger partial charge in [-0.2, -0.15) is 0 Å². The first-order valence-corrected chi connectivity index (χ1v) is 11.2. The van der Waals surface area contributed by atoms with E-state index in [1.54, 1.807) is 14.2 Å². The van der Waals surface area contributed by atoms with Crippen molar-refractivity contribution in [1.29, 1.82) is 0 Å². The molecule has 0 N–H and O–H groups in total. The van der Waals surface area contributed by atoms with Gasteiger partial charge in [0, 0.05) is 14.2 Å². The number of rotatable bonds is 14. The molecule has 0 saturated carbocycles. The Morgan fingerprint density at radius 3 is 1.63 bits per heavy atom. The Balaban J connectivity index is 2.38. The summed E-state index contributed by atoms with van der Waals surface area (Å²) in [5.74, 6) is 0. The number of unbranched alkanes of at least 4 members (excludes halogenated alkanes) is 5. The van der Waals surface area contributed by atoms with Crippen molar-refractivity contribution in [2.45, 2.75) is 63.6 Å². The average Bonchev–Trinajstić information content (AvgIpc) is 2.81. The van der Waals surface area contributed by atoms with Crippen molar-refractivity contribution in [3.63, 3.8) is 0 Å². The van der Waals surface area contributed by atoms with E-state index >= 15 is 0 Å². The average molecular weight is 407 g/mol. The highest BCUT2D eigenvalue weighted by atomic mass is 16.5. The lowest BCUT2D eigenvalue weighted by atomic mass is 9.78. The third-order valence-corrected chi connectivity index (χ3v) is 6.03. The van der Waals surface area contributed by atoms with Crippen LogP contribution in [0.4, 0.5) is 0 Å². The predicted molar refractivity (Wildman–Crippen MR) is 130 cm³/mol. The Kier molecular flexibility index (Phi) is 10.1. The van der Waals surface area contributed by atoms with Crippen molar-refractivity contribution in [2.24, 2.45) is 0 Å². The van der Waals surface area contributed by atoms with Crippen LogP contribution in [-0.2, 0) is 15.1 Å². The smallest absolute Gasteiger partial charge is 0.144 e. The number of hydrogen-bond donors (Lipinski definition) is 0. The summed E-state index contributed by atoms with van der Waals surface area (Å²) >= 11 is 0. The van der Waals surface area contributed by atoms with Crippen LogP contribution in [-0.4, -0.2) is 20.3 Å². The highest BCUT2D eigenvalue weighted by molar-refractivity contribution is 5.52. The van der Waals surface area contributed by atoms with Crippen LogP contribution in [0.15, 0.2) is 61.7 Å². The van der Waals surface area contributed by atoms with Gasteiger partial charge >= 0.3 is 0 Å². The largest absolute Gasteiger partial charge is 0.378 e. The van der Waals surface area contributed by atoms with Gasteiger partial charge in [0.25, 0.3) is 0 Å². The molecule has 162 valence electrons.